The van der Waals surface area contributed by atoms with Crippen molar-refractivity contribution in [2.75, 3.05) is 13.1 Å². The number of amides is 2. The van der Waals surface area contributed by atoms with Crippen molar-refractivity contribution >= 4 is 28.5 Å². The number of pyridine rings is 2. The fraction of sp³-hybridized carbons (Fsp3) is 0.393. The number of aromatic hydroxyl groups is 1. The summed E-state index contributed by atoms with van der Waals surface area (Å²) in [5, 5.41) is 26.3. The number of fused-ring (bicyclic) bond motifs is 1. The molecule has 2 amide bonds. The molecule has 4 N–H and O–H groups in total. The predicted octanol–water partition coefficient (Wildman–Crippen LogP) is 3.06. The van der Waals surface area contributed by atoms with Gasteiger partial charge in [0.05, 0.1) is 6.10 Å². The van der Waals surface area contributed by atoms with Gasteiger partial charge in [-0.2, -0.15) is 0 Å². The molecule has 1 aliphatic heterocycles. The van der Waals surface area contributed by atoms with Gasteiger partial charge in [-0.25, -0.2) is 9.37 Å². The normalized spacial score (nSPS) is 16.5. The molecule has 0 saturated carbocycles. The zero-order chi connectivity index (χ0) is 27.2. The summed E-state index contributed by atoms with van der Waals surface area (Å²) < 4.78 is 13.3. The monoisotopic (exact) mass is 522 g/mol. The van der Waals surface area contributed by atoms with Gasteiger partial charge in [-0.3, -0.25) is 19.4 Å². The van der Waals surface area contributed by atoms with Crippen molar-refractivity contribution in [3.05, 3.63) is 64.9 Å². The van der Waals surface area contributed by atoms with E-state index in [9.17, 15) is 29.0 Å². The number of Topliss-reactive ketones (excluding diaryl/α,β-unsaturated/α-hetero) is 1. The number of carbonyl (C=O) groups excluding carboxylic acids is 3. The summed E-state index contributed by atoms with van der Waals surface area (Å²) >= 11 is 0. The van der Waals surface area contributed by atoms with Crippen LogP contribution in [0.2, 0.25) is 0 Å². The molecule has 1 fully saturated rings. The summed E-state index contributed by atoms with van der Waals surface area (Å²) in [6.45, 7) is 2.27. The Hall–Kier alpha value is -3.92. The van der Waals surface area contributed by atoms with Crippen molar-refractivity contribution in [1.29, 1.82) is 0 Å². The van der Waals surface area contributed by atoms with E-state index in [1.54, 1.807) is 25.1 Å². The topological polar surface area (TPSA) is 142 Å². The molecule has 3 aromatic rings. The number of nitrogens with zero attached hydrogens (tertiary/aromatic N) is 2. The lowest BCUT2D eigenvalue weighted by Gasteiger charge is -2.15. The van der Waals surface area contributed by atoms with Crippen LogP contribution in [0.3, 0.4) is 0 Å². The number of rotatable bonds is 9. The second-order valence-corrected chi connectivity index (χ2v) is 9.58. The number of aliphatic hydroxyl groups is 1. The molecule has 1 saturated heterocycles. The van der Waals surface area contributed by atoms with Crippen LogP contribution in [-0.2, 0) is 11.2 Å². The molecule has 38 heavy (non-hydrogen) atoms. The minimum Gasteiger partial charge on any atom is -0.504 e. The van der Waals surface area contributed by atoms with Crippen molar-refractivity contribution in [1.82, 2.24) is 20.6 Å². The van der Waals surface area contributed by atoms with E-state index in [0.29, 0.717) is 31.4 Å². The van der Waals surface area contributed by atoms with E-state index in [0.717, 1.165) is 18.4 Å². The number of aromatic nitrogens is 2. The Morgan fingerprint density at radius 1 is 1.18 bits per heavy atom. The van der Waals surface area contributed by atoms with Gasteiger partial charge in [0.2, 0.25) is 5.91 Å². The van der Waals surface area contributed by atoms with Gasteiger partial charge >= 0.3 is 0 Å². The van der Waals surface area contributed by atoms with Crippen LogP contribution in [0.1, 0.15) is 71.1 Å². The molecule has 2 unspecified atom stereocenters. The van der Waals surface area contributed by atoms with Crippen molar-refractivity contribution in [2.45, 2.75) is 51.6 Å². The van der Waals surface area contributed by atoms with Crippen molar-refractivity contribution < 1.29 is 29.0 Å². The predicted molar refractivity (Wildman–Crippen MR) is 138 cm³/mol. The van der Waals surface area contributed by atoms with Crippen LogP contribution in [0.4, 0.5) is 4.39 Å². The third kappa shape index (κ3) is 6.31. The van der Waals surface area contributed by atoms with Crippen LogP contribution in [0.5, 0.6) is 5.75 Å². The Kier molecular flexibility index (Phi) is 8.62. The molecule has 2 aromatic heterocycles. The second kappa shape index (κ2) is 12.1. The number of benzene rings is 1. The summed E-state index contributed by atoms with van der Waals surface area (Å²) in [4.78, 5) is 47.5. The fourth-order valence-electron chi connectivity index (χ4n) is 4.48. The molecule has 10 heteroatoms. The highest BCUT2D eigenvalue weighted by Gasteiger charge is 2.28. The first-order chi connectivity index (χ1) is 18.3. The molecule has 0 radical (unpaired) electrons. The third-order valence-electron chi connectivity index (χ3n) is 6.72. The van der Waals surface area contributed by atoms with Crippen molar-refractivity contribution in [2.24, 2.45) is 5.92 Å². The molecule has 1 aromatic carbocycles. The molecule has 1 aliphatic rings. The van der Waals surface area contributed by atoms with E-state index in [2.05, 4.69) is 20.6 Å². The maximum absolute atomic E-state index is 13.5. The van der Waals surface area contributed by atoms with Crippen LogP contribution in [0.25, 0.3) is 10.9 Å². The Labute approximate surface area is 219 Å². The largest absolute Gasteiger partial charge is 0.504 e. The number of ketones is 1. The highest BCUT2D eigenvalue weighted by atomic mass is 19.1. The smallest absolute Gasteiger partial charge is 0.273 e. The van der Waals surface area contributed by atoms with Crippen LogP contribution in [-0.4, -0.2) is 57.0 Å². The van der Waals surface area contributed by atoms with Gasteiger partial charge in [-0.1, -0.05) is 25.5 Å². The van der Waals surface area contributed by atoms with Gasteiger partial charge in [-0.15, -0.1) is 0 Å². The van der Waals surface area contributed by atoms with Crippen LogP contribution < -0.4 is 10.6 Å². The fourth-order valence-corrected chi connectivity index (χ4v) is 4.48. The third-order valence-corrected chi connectivity index (χ3v) is 6.72. The van der Waals surface area contributed by atoms with Gasteiger partial charge in [0.25, 0.3) is 5.91 Å². The van der Waals surface area contributed by atoms with Crippen molar-refractivity contribution in [3.63, 3.8) is 0 Å². The zero-order valence-electron chi connectivity index (χ0n) is 21.2. The quantitative estimate of drug-likeness (QED) is 0.317. The van der Waals surface area contributed by atoms with Crippen LogP contribution in [0, 0.1) is 11.7 Å². The van der Waals surface area contributed by atoms with Gasteiger partial charge in [0.1, 0.15) is 17.0 Å². The Morgan fingerprint density at radius 3 is 2.68 bits per heavy atom. The molecular weight excluding hydrogens is 491 g/mol. The Morgan fingerprint density at radius 2 is 1.95 bits per heavy atom. The standard InChI is InChI=1S/C28H31FN4O5/c1-2-20(34)15-32-28(38)25-26(36)24-21(12-17(14-31-24)11-16-6-8-19(29)9-7-16)23(33-25)22(35)13-18-5-3-4-10-30-27(18)37/h6-9,12,14,18,20,34,36H,2-5,10-11,13,15H2,1H3,(H,30,37)(H,32,38). The van der Waals surface area contributed by atoms with E-state index in [1.165, 1.54) is 18.3 Å². The minimum atomic E-state index is -0.774. The first-order valence-corrected chi connectivity index (χ1v) is 12.8. The Balaban J connectivity index is 1.74. The molecular formula is C28H31FN4O5. The number of carbonyl (C=O) groups is 3. The lowest BCUT2D eigenvalue weighted by Crippen LogP contribution is -2.33. The lowest BCUT2D eigenvalue weighted by atomic mass is 9.93. The molecule has 0 spiro atoms. The van der Waals surface area contributed by atoms with Crippen molar-refractivity contribution in [3.8, 4) is 5.75 Å². The van der Waals surface area contributed by atoms with Crippen LogP contribution in [0.15, 0.2) is 36.5 Å². The average molecular weight is 523 g/mol. The first-order valence-electron chi connectivity index (χ1n) is 12.8. The molecule has 4 rings (SSSR count). The highest BCUT2D eigenvalue weighted by molar-refractivity contribution is 6.11. The zero-order valence-corrected chi connectivity index (χ0v) is 21.2. The molecule has 3 heterocycles. The van der Waals surface area contributed by atoms with Gasteiger partial charge < -0.3 is 20.8 Å². The number of halogens is 1. The maximum Gasteiger partial charge on any atom is 0.273 e. The SMILES string of the molecule is CCC(O)CNC(=O)c1nc(C(=O)CC2CCCCNC2=O)c2cc(Cc3ccc(F)cc3)cnc2c1O. The summed E-state index contributed by atoms with van der Waals surface area (Å²) in [5.74, 6) is -2.76. The van der Waals surface area contributed by atoms with Gasteiger partial charge in [-0.05, 0) is 55.0 Å². The maximum atomic E-state index is 13.5. The number of aliphatic hydroxyl groups excluding tert-OH is 1. The second-order valence-electron chi connectivity index (χ2n) is 9.58. The summed E-state index contributed by atoms with van der Waals surface area (Å²) in [7, 11) is 0. The molecule has 200 valence electrons. The molecule has 9 nitrogen and oxygen atoms in total. The van der Waals surface area contributed by atoms with Crippen LogP contribution >= 0.6 is 0 Å². The van der Waals surface area contributed by atoms with Gasteiger partial charge in [0, 0.05) is 37.0 Å². The molecule has 0 bridgehead atoms. The number of nitrogens with one attached hydrogen (secondary N) is 2. The first kappa shape index (κ1) is 27.1. The van der Waals surface area contributed by atoms with E-state index >= 15 is 0 Å². The number of hydrogen-bond donors (Lipinski definition) is 4. The van der Waals surface area contributed by atoms with E-state index in [-0.39, 0.29) is 47.0 Å². The molecule has 2 atom stereocenters. The minimum absolute atomic E-state index is 0.0257. The highest BCUT2D eigenvalue weighted by Crippen LogP contribution is 2.31. The Bertz CT molecular complexity index is 1350. The average Bonchev–Trinajstić information content (AvgIpc) is 3.12. The summed E-state index contributed by atoms with van der Waals surface area (Å²) in [6.07, 6.45) is 3.64. The van der Waals surface area contributed by atoms with E-state index in [1.807, 2.05) is 0 Å². The number of hydrogen-bond acceptors (Lipinski definition) is 7. The lowest BCUT2D eigenvalue weighted by molar-refractivity contribution is -0.124. The summed E-state index contributed by atoms with van der Waals surface area (Å²) in [6, 6.07) is 7.66. The molecule has 0 aliphatic carbocycles. The van der Waals surface area contributed by atoms with E-state index in [4.69, 9.17) is 0 Å². The van der Waals surface area contributed by atoms with Gasteiger partial charge in [0.15, 0.2) is 17.2 Å². The summed E-state index contributed by atoms with van der Waals surface area (Å²) in [5.41, 5.74) is 1.09. The van der Waals surface area contributed by atoms with E-state index < -0.39 is 29.5 Å².